The molecule has 2 aromatic rings. The molecule has 1 aromatic heterocycles. The van der Waals surface area contributed by atoms with Crippen molar-refractivity contribution in [3.8, 4) is 11.1 Å². The Balaban J connectivity index is 2.47. The maximum absolute atomic E-state index is 13.8. The van der Waals surface area contributed by atoms with Crippen molar-refractivity contribution in [1.82, 2.24) is 0 Å². The molecule has 0 radical (unpaired) electrons. The Morgan fingerprint density at radius 3 is 2.67 bits per heavy atom. The summed E-state index contributed by atoms with van der Waals surface area (Å²) >= 11 is 1.13. The van der Waals surface area contributed by atoms with Crippen LogP contribution in [-0.4, -0.2) is 13.1 Å². The molecule has 0 bridgehead atoms. The number of carbonyl (C=O) groups excluding carboxylic acids is 1. The van der Waals surface area contributed by atoms with Gasteiger partial charge in [-0.1, -0.05) is 12.1 Å². The summed E-state index contributed by atoms with van der Waals surface area (Å²) in [5.74, 6) is -2.25. The van der Waals surface area contributed by atoms with Crippen molar-refractivity contribution in [2.75, 3.05) is 7.11 Å². The lowest BCUT2D eigenvalue weighted by molar-refractivity contribution is 0.0606. The maximum Gasteiger partial charge on any atom is 0.348 e. The van der Waals surface area contributed by atoms with Crippen molar-refractivity contribution < 1.29 is 18.3 Å². The molecule has 1 aromatic carbocycles. The van der Waals surface area contributed by atoms with E-state index in [0.29, 0.717) is 10.4 Å². The minimum Gasteiger partial charge on any atom is -0.465 e. The third-order valence-corrected chi connectivity index (χ3v) is 3.48. The molecule has 2 nitrogen and oxygen atoms in total. The van der Waals surface area contributed by atoms with Crippen molar-refractivity contribution in [3.63, 3.8) is 0 Å². The summed E-state index contributed by atoms with van der Waals surface area (Å²) < 4.78 is 31.8. The fraction of sp³-hybridized carbons (Fsp3) is 0.154. The topological polar surface area (TPSA) is 26.3 Å². The van der Waals surface area contributed by atoms with Crippen molar-refractivity contribution in [1.29, 1.82) is 0 Å². The molecule has 0 fully saturated rings. The fourth-order valence-corrected chi connectivity index (χ4v) is 2.38. The third kappa shape index (κ3) is 2.13. The quantitative estimate of drug-likeness (QED) is 0.775. The average molecular weight is 268 g/mol. The van der Waals surface area contributed by atoms with Gasteiger partial charge < -0.3 is 4.74 Å². The maximum atomic E-state index is 13.8. The molecular weight excluding hydrogens is 258 g/mol. The van der Waals surface area contributed by atoms with Crippen LogP contribution in [0.3, 0.4) is 0 Å². The number of esters is 1. The largest absolute Gasteiger partial charge is 0.465 e. The van der Waals surface area contributed by atoms with E-state index >= 15 is 0 Å². The number of hydrogen-bond acceptors (Lipinski definition) is 3. The molecule has 0 aliphatic rings. The summed E-state index contributed by atoms with van der Waals surface area (Å²) in [5, 5.41) is 1.60. The highest BCUT2D eigenvalue weighted by Crippen LogP contribution is 2.30. The van der Waals surface area contributed by atoms with E-state index in [9.17, 15) is 13.6 Å². The molecule has 0 amide bonds. The lowest BCUT2D eigenvalue weighted by atomic mass is 10.1. The Hall–Kier alpha value is -1.75. The summed E-state index contributed by atoms with van der Waals surface area (Å²) in [7, 11) is 1.27. The van der Waals surface area contributed by atoms with Gasteiger partial charge in [-0.05, 0) is 29.5 Å². The summed E-state index contributed by atoms with van der Waals surface area (Å²) in [6.07, 6.45) is 0. The zero-order valence-corrected chi connectivity index (χ0v) is 10.6. The molecule has 2 rings (SSSR count). The van der Waals surface area contributed by atoms with Crippen LogP contribution in [0.15, 0.2) is 23.6 Å². The van der Waals surface area contributed by atoms with Crippen LogP contribution in [0.5, 0.6) is 0 Å². The van der Waals surface area contributed by atoms with Crippen LogP contribution in [0.25, 0.3) is 11.1 Å². The zero-order chi connectivity index (χ0) is 13.3. The first-order chi connectivity index (χ1) is 8.54. The second-order valence-electron chi connectivity index (χ2n) is 3.75. The second-order valence-corrected chi connectivity index (χ2v) is 4.66. The summed E-state index contributed by atoms with van der Waals surface area (Å²) in [5.41, 5.74) is 0.862. The van der Waals surface area contributed by atoms with Gasteiger partial charge in [0.2, 0.25) is 0 Å². The van der Waals surface area contributed by atoms with Crippen molar-refractivity contribution in [2.24, 2.45) is 0 Å². The van der Waals surface area contributed by atoms with Crippen molar-refractivity contribution >= 4 is 17.3 Å². The molecule has 0 saturated heterocycles. The van der Waals surface area contributed by atoms with E-state index in [0.717, 1.165) is 11.3 Å². The highest BCUT2D eigenvalue weighted by molar-refractivity contribution is 7.12. The monoisotopic (exact) mass is 268 g/mol. The molecule has 0 saturated carbocycles. The first kappa shape index (κ1) is 12.7. The van der Waals surface area contributed by atoms with E-state index in [1.165, 1.54) is 32.2 Å². The van der Waals surface area contributed by atoms with E-state index in [-0.39, 0.29) is 11.1 Å². The van der Waals surface area contributed by atoms with Crippen LogP contribution in [0, 0.1) is 18.6 Å². The number of ether oxygens (including phenoxy) is 1. The van der Waals surface area contributed by atoms with Crippen molar-refractivity contribution in [2.45, 2.75) is 6.92 Å². The molecule has 0 N–H and O–H groups in total. The van der Waals surface area contributed by atoms with Crippen LogP contribution < -0.4 is 0 Å². The number of rotatable bonds is 2. The van der Waals surface area contributed by atoms with E-state index in [4.69, 9.17) is 0 Å². The van der Waals surface area contributed by atoms with Crippen LogP contribution in [0.1, 0.15) is 15.2 Å². The summed E-state index contributed by atoms with van der Waals surface area (Å²) in [6.45, 7) is 1.50. The summed E-state index contributed by atoms with van der Waals surface area (Å²) in [4.78, 5) is 11.6. The highest BCUT2D eigenvalue weighted by Gasteiger charge is 2.16. The van der Waals surface area contributed by atoms with Gasteiger partial charge in [-0.3, -0.25) is 0 Å². The number of benzene rings is 1. The normalized spacial score (nSPS) is 10.4. The molecule has 0 unspecified atom stereocenters. The molecule has 0 atom stereocenters. The van der Waals surface area contributed by atoms with Gasteiger partial charge in [0, 0.05) is 5.56 Å². The Bertz CT molecular complexity index is 605. The fourth-order valence-electron chi connectivity index (χ4n) is 1.55. The minimum atomic E-state index is -0.899. The first-order valence-electron chi connectivity index (χ1n) is 5.16. The van der Waals surface area contributed by atoms with E-state index < -0.39 is 17.6 Å². The third-order valence-electron chi connectivity index (χ3n) is 2.57. The van der Waals surface area contributed by atoms with Crippen molar-refractivity contribution in [3.05, 3.63) is 45.7 Å². The van der Waals surface area contributed by atoms with E-state index in [1.807, 2.05) is 0 Å². The predicted molar refractivity (Wildman–Crippen MR) is 65.7 cm³/mol. The number of methoxy groups -OCH3 is 1. The van der Waals surface area contributed by atoms with Gasteiger partial charge in [0.1, 0.15) is 4.88 Å². The van der Waals surface area contributed by atoms with Gasteiger partial charge in [0.05, 0.1) is 7.11 Å². The van der Waals surface area contributed by atoms with E-state index in [2.05, 4.69) is 4.74 Å². The Morgan fingerprint density at radius 1 is 1.28 bits per heavy atom. The summed E-state index contributed by atoms with van der Waals surface area (Å²) in [6, 6.07) is 4.49. The predicted octanol–water partition coefficient (Wildman–Crippen LogP) is 3.79. The van der Waals surface area contributed by atoms with Gasteiger partial charge in [0.15, 0.2) is 11.6 Å². The number of hydrogen-bond donors (Lipinski definition) is 0. The lowest BCUT2D eigenvalue weighted by Gasteiger charge is -2.03. The number of halogens is 2. The van der Waals surface area contributed by atoms with Gasteiger partial charge >= 0.3 is 5.97 Å². The van der Waals surface area contributed by atoms with Crippen LogP contribution in [-0.2, 0) is 4.74 Å². The lowest BCUT2D eigenvalue weighted by Crippen LogP contribution is -1.97. The van der Waals surface area contributed by atoms with Gasteiger partial charge in [-0.25, -0.2) is 13.6 Å². The average Bonchev–Trinajstić information content (AvgIpc) is 2.84. The highest BCUT2D eigenvalue weighted by atomic mass is 32.1. The van der Waals surface area contributed by atoms with Crippen LogP contribution in [0.4, 0.5) is 8.78 Å². The van der Waals surface area contributed by atoms with Gasteiger partial charge in [-0.15, -0.1) is 11.3 Å². The minimum absolute atomic E-state index is 0.143. The molecule has 18 heavy (non-hydrogen) atoms. The molecule has 5 heteroatoms. The Kier molecular flexibility index (Phi) is 3.43. The number of aryl methyl sites for hydroxylation is 1. The number of carbonyl (C=O) groups is 1. The van der Waals surface area contributed by atoms with Crippen LogP contribution in [0.2, 0.25) is 0 Å². The van der Waals surface area contributed by atoms with Gasteiger partial charge in [-0.2, -0.15) is 0 Å². The van der Waals surface area contributed by atoms with Gasteiger partial charge in [0.25, 0.3) is 0 Å². The molecule has 0 aliphatic heterocycles. The standard InChI is InChI=1S/C13H10F2O2S/c1-7-3-4-9(12(15)11(7)14)8-5-10(18-6-8)13(16)17-2/h3-6H,1-2H3. The SMILES string of the molecule is COC(=O)c1cc(-c2ccc(C)c(F)c2F)cs1. The Morgan fingerprint density at radius 2 is 2.00 bits per heavy atom. The number of thiophene rings is 1. The second kappa shape index (κ2) is 4.86. The zero-order valence-electron chi connectivity index (χ0n) is 9.79. The first-order valence-corrected chi connectivity index (χ1v) is 6.04. The smallest absolute Gasteiger partial charge is 0.348 e. The Labute approximate surface area is 107 Å². The molecule has 1 heterocycles. The molecule has 0 spiro atoms. The molecule has 0 aliphatic carbocycles. The molecular formula is C13H10F2O2S. The van der Waals surface area contributed by atoms with Crippen LogP contribution >= 0.6 is 11.3 Å². The van der Waals surface area contributed by atoms with E-state index in [1.54, 1.807) is 5.38 Å². The molecule has 94 valence electrons.